The number of aromatic nitrogens is 2. The molecule has 2 aromatic heterocycles. The van der Waals surface area contributed by atoms with Gasteiger partial charge in [-0.25, -0.2) is 4.98 Å². The van der Waals surface area contributed by atoms with Crippen LogP contribution >= 0.6 is 11.3 Å². The molecule has 22 heavy (non-hydrogen) atoms. The van der Waals surface area contributed by atoms with Gasteiger partial charge in [0.2, 0.25) is 0 Å². The van der Waals surface area contributed by atoms with Gasteiger partial charge >= 0.3 is 0 Å². The highest BCUT2D eigenvalue weighted by atomic mass is 32.1. The van der Waals surface area contributed by atoms with Crippen LogP contribution in [0.15, 0.2) is 36.7 Å². The van der Waals surface area contributed by atoms with E-state index in [1.165, 1.54) is 29.7 Å². The summed E-state index contributed by atoms with van der Waals surface area (Å²) in [6.07, 6.45) is 3.13. The number of anilines is 1. The molecule has 0 aliphatic heterocycles. The molecule has 0 unspecified atom stereocenters. The predicted molar refractivity (Wildman–Crippen MR) is 83.2 cm³/mol. The van der Waals surface area contributed by atoms with Crippen LogP contribution in [0.4, 0.5) is 10.8 Å². The number of thiazole rings is 1. The van der Waals surface area contributed by atoms with E-state index in [1.54, 1.807) is 18.3 Å². The second-order valence-corrected chi connectivity index (χ2v) is 5.66. The molecule has 2 heterocycles. The van der Waals surface area contributed by atoms with Gasteiger partial charge < -0.3 is 0 Å². The van der Waals surface area contributed by atoms with E-state index >= 15 is 0 Å². The van der Waals surface area contributed by atoms with Gasteiger partial charge in [-0.1, -0.05) is 11.3 Å². The van der Waals surface area contributed by atoms with Crippen LogP contribution in [-0.4, -0.2) is 20.8 Å². The Hall–Kier alpha value is -2.87. The number of aryl methyl sites for hydroxylation is 1. The van der Waals surface area contributed by atoms with E-state index in [1.807, 2.05) is 6.92 Å². The first kappa shape index (κ1) is 14.1. The van der Waals surface area contributed by atoms with Crippen molar-refractivity contribution < 1.29 is 9.72 Å². The smallest absolute Gasteiger partial charge is 0.270 e. The van der Waals surface area contributed by atoms with Crippen molar-refractivity contribution in [2.45, 2.75) is 6.92 Å². The number of carbonyl (C=O) groups is 1. The molecule has 0 atom stereocenters. The van der Waals surface area contributed by atoms with Crippen molar-refractivity contribution in [3.8, 4) is 0 Å². The highest BCUT2D eigenvalue weighted by Crippen LogP contribution is 2.29. The molecule has 3 rings (SSSR count). The van der Waals surface area contributed by atoms with Crippen LogP contribution in [0.5, 0.6) is 0 Å². The summed E-state index contributed by atoms with van der Waals surface area (Å²) in [7, 11) is 0. The van der Waals surface area contributed by atoms with E-state index in [4.69, 9.17) is 0 Å². The van der Waals surface area contributed by atoms with Crippen molar-refractivity contribution in [1.82, 2.24) is 9.97 Å². The second-order valence-electron chi connectivity index (χ2n) is 4.63. The fourth-order valence-electron chi connectivity index (χ4n) is 1.93. The summed E-state index contributed by atoms with van der Waals surface area (Å²) in [5, 5.41) is 13.8. The first-order valence-electron chi connectivity index (χ1n) is 6.31. The molecule has 0 saturated carbocycles. The first-order valence-corrected chi connectivity index (χ1v) is 7.12. The number of nitro benzene ring substituents is 1. The molecule has 0 spiro atoms. The summed E-state index contributed by atoms with van der Waals surface area (Å²) in [5.74, 6) is -0.315. The Morgan fingerprint density at radius 3 is 2.86 bits per heavy atom. The third kappa shape index (κ3) is 2.77. The molecule has 0 saturated heterocycles. The lowest BCUT2D eigenvalue weighted by atomic mass is 10.2. The lowest BCUT2D eigenvalue weighted by Gasteiger charge is -2.01. The Morgan fingerprint density at radius 2 is 2.14 bits per heavy atom. The molecule has 110 valence electrons. The number of nitro groups is 1. The molecular weight excluding hydrogens is 304 g/mol. The van der Waals surface area contributed by atoms with Gasteiger partial charge in [0.25, 0.3) is 11.6 Å². The van der Waals surface area contributed by atoms with Crippen molar-refractivity contribution in [3.05, 3.63) is 57.9 Å². The largest absolute Gasteiger partial charge is 0.298 e. The minimum Gasteiger partial charge on any atom is -0.298 e. The van der Waals surface area contributed by atoms with Crippen LogP contribution in [0.1, 0.15) is 15.9 Å². The average molecular weight is 314 g/mol. The molecule has 1 amide bonds. The highest BCUT2D eigenvalue weighted by Gasteiger charge is 2.13. The van der Waals surface area contributed by atoms with Crippen molar-refractivity contribution in [1.29, 1.82) is 0 Å². The number of non-ortho nitro benzene ring substituents is 1. The number of fused-ring (bicyclic) bond motifs is 1. The quantitative estimate of drug-likeness (QED) is 0.591. The molecule has 0 aliphatic carbocycles. The molecule has 0 aliphatic rings. The predicted octanol–water partition coefficient (Wildman–Crippen LogP) is 3.16. The number of nitrogens with zero attached hydrogens (tertiary/aromatic N) is 3. The summed E-state index contributed by atoms with van der Waals surface area (Å²) in [5.41, 5.74) is 1.92. The standard InChI is InChI=1S/C14H10N4O3S/c1-8-4-9(7-15-6-8)13(19)17-14-16-11-3-2-10(18(20)21)5-12(11)22-14/h2-7H,1H3,(H,16,17,19). The third-order valence-electron chi connectivity index (χ3n) is 2.94. The number of carbonyl (C=O) groups excluding carboxylic acids is 1. The van der Waals surface area contributed by atoms with Crippen LogP contribution in [0, 0.1) is 17.0 Å². The molecule has 0 fully saturated rings. The molecule has 1 N–H and O–H groups in total. The molecule has 8 heteroatoms. The first-order chi connectivity index (χ1) is 10.5. The number of amides is 1. The maximum Gasteiger partial charge on any atom is 0.270 e. The van der Waals surface area contributed by atoms with Gasteiger partial charge in [0, 0.05) is 24.5 Å². The summed E-state index contributed by atoms with van der Waals surface area (Å²) >= 11 is 1.19. The lowest BCUT2D eigenvalue weighted by Crippen LogP contribution is -2.12. The number of nitrogens with one attached hydrogen (secondary N) is 1. The molecule has 1 aromatic carbocycles. The Bertz CT molecular complexity index is 891. The van der Waals surface area contributed by atoms with Gasteiger partial charge in [0.15, 0.2) is 5.13 Å². The minimum absolute atomic E-state index is 0.00286. The summed E-state index contributed by atoms with van der Waals surface area (Å²) < 4.78 is 0.645. The highest BCUT2D eigenvalue weighted by molar-refractivity contribution is 7.22. The fourth-order valence-corrected chi connectivity index (χ4v) is 2.82. The molecule has 0 bridgehead atoms. The van der Waals surface area contributed by atoms with E-state index in [-0.39, 0.29) is 11.6 Å². The lowest BCUT2D eigenvalue weighted by molar-refractivity contribution is -0.384. The normalized spacial score (nSPS) is 10.6. The number of hydrogen-bond acceptors (Lipinski definition) is 6. The van der Waals surface area contributed by atoms with Gasteiger partial charge in [-0.05, 0) is 24.6 Å². The van der Waals surface area contributed by atoms with Crippen molar-refractivity contribution in [3.63, 3.8) is 0 Å². The number of hydrogen-bond donors (Lipinski definition) is 1. The van der Waals surface area contributed by atoms with Gasteiger partial charge in [-0.3, -0.25) is 25.2 Å². The molecule has 3 aromatic rings. The van der Waals surface area contributed by atoms with E-state index < -0.39 is 4.92 Å². The molecule has 0 radical (unpaired) electrons. The second kappa shape index (κ2) is 5.49. The average Bonchev–Trinajstić information content (AvgIpc) is 2.88. The topological polar surface area (TPSA) is 98.0 Å². The summed E-state index contributed by atoms with van der Waals surface area (Å²) in [4.78, 5) is 30.6. The molecular formula is C14H10N4O3S. The van der Waals surface area contributed by atoms with Crippen molar-refractivity contribution >= 4 is 38.3 Å². The van der Waals surface area contributed by atoms with Gasteiger partial charge in [-0.15, -0.1) is 0 Å². The van der Waals surface area contributed by atoms with Crippen LogP contribution in [0.2, 0.25) is 0 Å². The van der Waals surface area contributed by atoms with Gasteiger partial charge in [0.05, 0.1) is 20.7 Å². The van der Waals surface area contributed by atoms with Crippen molar-refractivity contribution in [2.24, 2.45) is 0 Å². The summed E-state index contributed by atoms with van der Waals surface area (Å²) in [6.45, 7) is 1.85. The number of benzene rings is 1. The zero-order valence-electron chi connectivity index (χ0n) is 11.4. The van der Waals surface area contributed by atoms with E-state index in [0.29, 0.717) is 20.9 Å². The van der Waals surface area contributed by atoms with E-state index in [2.05, 4.69) is 15.3 Å². The Labute approximate surface area is 128 Å². The van der Waals surface area contributed by atoms with Crippen LogP contribution in [-0.2, 0) is 0 Å². The SMILES string of the molecule is Cc1cncc(C(=O)Nc2nc3ccc([N+](=O)[O-])cc3s2)c1. The zero-order valence-corrected chi connectivity index (χ0v) is 12.3. The number of rotatable bonds is 3. The van der Waals surface area contributed by atoms with Gasteiger partial charge in [0.1, 0.15) is 0 Å². The maximum absolute atomic E-state index is 12.1. The number of pyridine rings is 1. The van der Waals surface area contributed by atoms with E-state index in [9.17, 15) is 14.9 Å². The monoisotopic (exact) mass is 314 g/mol. The maximum atomic E-state index is 12.1. The van der Waals surface area contributed by atoms with E-state index in [0.717, 1.165) is 5.56 Å². The Morgan fingerprint density at radius 1 is 1.32 bits per heavy atom. The Kier molecular flexibility index (Phi) is 3.51. The van der Waals surface area contributed by atoms with Crippen molar-refractivity contribution in [2.75, 3.05) is 5.32 Å². The third-order valence-corrected chi connectivity index (χ3v) is 3.87. The zero-order chi connectivity index (χ0) is 15.7. The Balaban J connectivity index is 1.87. The van der Waals surface area contributed by atoms with Crippen LogP contribution in [0.3, 0.4) is 0 Å². The van der Waals surface area contributed by atoms with Crippen LogP contribution < -0.4 is 5.32 Å². The molecule has 7 nitrogen and oxygen atoms in total. The van der Waals surface area contributed by atoms with Crippen LogP contribution in [0.25, 0.3) is 10.2 Å². The minimum atomic E-state index is -0.462. The fraction of sp³-hybridized carbons (Fsp3) is 0.0714. The van der Waals surface area contributed by atoms with Gasteiger partial charge in [-0.2, -0.15) is 0 Å². The summed E-state index contributed by atoms with van der Waals surface area (Å²) in [6, 6.07) is 6.11.